The number of aliphatic hydroxyl groups is 1. The standard InChI is InChI=1S/C25H34ClNO/c1-18-5-6-19(2)21(13-18)16-25(15-20-7-9-23(26)10-8-20)12-11-24(28)14-22(25)17-27(3)4/h5-10,13,22,24,28H,11-12,14-17H2,1-4H3. The lowest BCUT2D eigenvalue weighted by molar-refractivity contribution is -0.00350. The van der Waals surface area contributed by atoms with Gasteiger partial charge >= 0.3 is 0 Å². The third-order valence-corrected chi connectivity index (χ3v) is 6.75. The van der Waals surface area contributed by atoms with Crippen molar-refractivity contribution < 1.29 is 5.11 Å². The zero-order chi connectivity index (χ0) is 20.3. The number of aryl methyl sites for hydroxylation is 2. The molecule has 3 rings (SSSR count). The Labute approximate surface area is 175 Å². The van der Waals surface area contributed by atoms with Gasteiger partial charge in [0.25, 0.3) is 0 Å². The fraction of sp³-hybridized carbons (Fsp3) is 0.520. The highest BCUT2D eigenvalue weighted by Crippen LogP contribution is 2.47. The van der Waals surface area contributed by atoms with Crippen LogP contribution in [0.4, 0.5) is 0 Å². The Morgan fingerprint density at radius 1 is 1.07 bits per heavy atom. The largest absolute Gasteiger partial charge is 0.393 e. The molecule has 2 aromatic carbocycles. The Morgan fingerprint density at radius 3 is 2.46 bits per heavy atom. The number of hydrogen-bond donors (Lipinski definition) is 1. The molecular formula is C25H34ClNO. The van der Waals surface area contributed by atoms with Gasteiger partial charge in [0.05, 0.1) is 6.10 Å². The van der Waals surface area contributed by atoms with Crippen molar-refractivity contribution in [2.24, 2.45) is 11.3 Å². The van der Waals surface area contributed by atoms with Crippen molar-refractivity contribution in [3.05, 3.63) is 69.7 Å². The number of hydrogen-bond acceptors (Lipinski definition) is 2. The van der Waals surface area contributed by atoms with Crippen LogP contribution in [0.1, 0.15) is 41.5 Å². The molecule has 28 heavy (non-hydrogen) atoms. The first kappa shape index (κ1) is 21.4. The van der Waals surface area contributed by atoms with Gasteiger partial charge in [-0.1, -0.05) is 47.5 Å². The lowest BCUT2D eigenvalue weighted by Crippen LogP contribution is -2.46. The predicted octanol–water partition coefficient (Wildman–Crippen LogP) is 5.45. The summed E-state index contributed by atoms with van der Waals surface area (Å²) < 4.78 is 0. The summed E-state index contributed by atoms with van der Waals surface area (Å²) in [4.78, 5) is 2.28. The summed E-state index contributed by atoms with van der Waals surface area (Å²) in [5, 5.41) is 11.2. The van der Waals surface area contributed by atoms with Crippen molar-refractivity contribution in [1.82, 2.24) is 4.90 Å². The molecule has 3 unspecified atom stereocenters. The van der Waals surface area contributed by atoms with Crippen LogP contribution in [-0.2, 0) is 12.8 Å². The number of rotatable bonds is 6. The maximum absolute atomic E-state index is 10.5. The molecule has 0 aliphatic heterocycles. The molecule has 3 heteroatoms. The molecule has 1 aliphatic rings. The van der Waals surface area contributed by atoms with E-state index >= 15 is 0 Å². The summed E-state index contributed by atoms with van der Waals surface area (Å²) in [6.45, 7) is 5.41. The van der Waals surface area contributed by atoms with E-state index in [0.29, 0.717) is 5.92 Å². The molecule has 2 nitrogen and oxygen atoms in total. The van der Waals surface area contributed by atoms with Crippen LogP contribution in [0.25, 0.3) is 0 Å². The van der Waals surface area contributed by atoms with E-state index in [1.165, 1.54) is 22.3 Å². The molecule has 0 heterocycles. The van der Waals surface area contributed by atoms with E-state index in [2.05, 4.69) is 63.2 Å². The molecule has 1 saturated carbocycles. The Bertz CT molecular complexity index is 784. The van der Waals surface area contributed by atoms with Crippen LogP contribution < -0.4 is 0 Å². The van der Waals surface area contributed by atoms with E-state index in [1.807, 2.05) is 12.1 Å². The fourth-order valence-electron chi connectivity index (χ4n) is 4.97. The van der Waals surface area contributed by atoms with Gasteiger partial charge in [0.1, 0.15) is 0 Å². The Balaban J connectivity index is 2.00. The van der Waals surface area contributed by atoms with Gasteiger partial charge in [-0.15, -0.1) is 0 Å². The van der Waals surface area contributed by atoms with E-state index in [9.17, 15) is 5.11 Å². The minimum absolute atomic E-state index is 0.149. The Morgan fingerprint density at radius 2 is 1.79 bits per heavy atom. The molecule has 0 bridgehead atoms. The van der Waals surface area contributed by atoms with Gasteiger partial charge in [0, 0.05) is 11.6 Å². The molecule has 1 aliphatic carbocycles. The van der Waals surface area contributed by atoms with Gasteiger partial charge in [0.2, 0.25) is 0 Å². The van der Waals surface area contributed by atoms with Crippen molar-refractivity contribution in [2.45, 2.75) is 52.1 Å². The molecule has 0 saturated heterocycles. The molecule has 0 amide bonds. The van der Waals surface area contributed by atoms with Gasteiger partial charge in [-0.3, -0.25) is 0 Å². The zero-order valence-corrected chi connectivity index (χ0v) is 18.5. The first-order valence-corrected chi connectivity index (χ1v) is 10.8. The monoisotopic (exact) mass is 399 g/mol. The number of aliphatic hydroxyl groups excluding tert-OH is 1. The van der Waals surface area contributed by atoms with Crippen LogP contribution in [-0.4, -0.2) is 36.8 Å². The molecule has 3 atom stereocenters. The number of nitrogens with zero attached hydrogens (tertiary/aromatic N) is 1. The summed E-state index contributed by atoms with van der Waals surface area (Å²) in [5.41, 5.74) is 5.64. The average Bonchev–Trinajstić information content (AvgIpc) is 2.63. The van der Waals surface area contributed by atoms with E-state index in [1.54, 1.807) is 0 Å². The van der Waals surface area contributed by atoms with Crippen LogP contribution in [0.15, 0.2) is 42.5 Å². The first-order chi connectivity index (χ1) is 13.3. The smallest absolute Gasteiger partial charge is 0.0543 e. The number of halogens is 1. The summed E-state index contributed by atoms with van der Waals surface area (Å²) in [5.74, 6) is 0.460. The van der Waals surface area contributed by atoms with Crippen molar-refractivity contribution >= 4 is 11.6 Å². The number of benzene rings is 2. The highest BCUT2D eigenvalue weighted by Gasteiger charge is 2.43. The normalized spacial score (nSPS) is 25.2. The van der Waals surface area contributed by atoms with Gasteiger partial charge in [-0.2, -0.15) is 0 Å². The van der Waals surface area contributed by atoms with Crippen LogP contribution >= 0.6 is 11.6 Å². The lowest BCUT2D eigenvalue weighted by Gasteiger charge is -2.47. The molecule has 1 fully saturated rings. The summed E-state index contributed by atoms with van der Waals surface area (Å²) in [6, 6.07) is 15.2. The predicted molar refractivity (Wildman–Crippen MR) is 119 cm³/mol. The summed E-state index contributed by atoms with van der Waals surface area (Å²) in [6.07, 6.45) is 4.75. The fourth-order valence-corrected chi connectivity index (χ4v) is 5.10. The van der Waals surface area contributed by atoms with Crippen LogP contribution in [0.3, 0.4) is 0 Å². The summed E-state index contributed by atoms with van der Waals surface area (Å²) in [7, 11) is 4.29. The van der Waals surface area contributed by atoms with Gasteiger partial charge < -0.3 is 10.0 Å². The van der Waals surface area contributed by atoms with Crippen molar-refractivity contribution in [3.8, 4) is 0 Å². The SMILES string of the molecule is Cc1ccc(C)c(CC2(Cc3ccc(Cl)cc3)CCC(O)CC2CN(C)C)c1. The minimum Gasteiger partial charge on any atom is -0.393 e. The Hall–Kier alpha value is -1.35. The highest BCUT2D eigenvalue weighted by molar-refractivity contribution is 6.30. The van der Waals surface area contributed by atoms with Crippen molar-refractivity contribution in [1.29, 1.82) is 0 Å². The molecule has 2 aromatic rings. The van der Waals surface area contributed by atoms with Crippen molar-refractivity contribution in [3.63, 3.8) is 0 Å². The topological polar surface area (TPSA) is 23.5 Å². The van der Waals surface area contributed by atoms with Gasteiger partial charge in [0.15, 0.2) is 0 Å². The first-order valence-electron chi connectivity index (χ1n) is 10.4. The van der Waals surface area contributed by atoms with Crippen molar-refractivity contribution in [2.75, 3.05) is 20.6 Å². The van der Waals surface area contributed by atoms with E-state index in [-0.39, 0.29) is 11.5 Å². The van der Waals surface area contributed by atoms with Crippen LogP contribution in [0, 0.1) is 25.2 Å². The second kappa shape index (κ2) is 8.98. The van der Waals surface area contributed by atoms with Crippen LogP contribution in [0.5, 0.6) is 0 Å². The quantitative estimate of drug-likeness (QED) is 0.697. The third-order valence-electron chi connectivity index (χ3n) is 6.50. The zero-order valence-electron chi connectivity index (χ0n) is 17.7. The lowest BCUT2D eigenvalue weighted by atomic mass is 9.59. The van der Waals surface area contributed by atoms with Crippen LogP contribution in [0.2, 0.25) is 5.02 Å². The maximum atomic E-state index is 10.5. The van der Waals surface area contributed by atoms with Gasteiger partial charge in [-0.05, 0) is 100 Å². The maximum Gasteiger partial charge on any atom is 0.0543 e. The average molecular weight is 400 g/mol. The molecule has 1 N–H and O–H groups in total. The molecule has 152 valence electrons. The third kappa shape index (κ3) is 5.17. The second-order valence-corrected chi connectivity index (χ2v) is 9.60. The molecule has 0 aromatic heterocycles. The molecule has 0 spiro atoms. The minimum atomic E-state index is -0.179. The second-order valence-electron chi connectivity index (χ2n) is 9.16. The van der Waals surface area contributed by atoms with E-state index in [4.69, 9.17) is 11.6 Å². The Kier molecular flexibility index (Phi) is 6.85. The molecule has 0 radical (unpaired) electrons. The summed E-state index contributed by atoms with van der Waals surface area (Å²) >= 11 is 6.13. The van der Waals surface area contributed by atoms with Gasteiger partial charge in [-0.25, -0.2) is 0 Å². The highest BCUT2D eigenvalue weighted by atomic mass is 35.5. The molecular weight excluding hydrogens is 366 g/mol. The van der Waals surface area contributed by atoms with E-state index in [0.717, 1.165) is 43.7 Å². The van der Waals surface area contributed by atoms with E-state index < -0.39 is 0 Å².